The summed E-state index contributed by atoms with van der Waals surface area (Å²) in [5.74, 6) is 0.961. The van der Waals surface area contributed by atoms with E-state index >= 15 is 0 Å². The van der Waals surface area contributed by atoms with E-state index in [4.69, 9.17) is 0 Å². The predicted octanol–water partition coefficient (Wildman–Crippen LogP) is 10.3. The Morgan fingerprint density at radius 2 is 1.62 bits per heavy atom. The number of fused-ring (bicyclic) bond motifs is 8. The molecule has 10 rings (SSSR count). The minimum absolute atomic E-state index is 0.474. The first-order valence-electron chi connectivity index (χ1n) is 17.9. The van der Waals surface area contributed by atoms with Gasteiger partial charge in [0.15, 0.2) is 0 Å². The molecule has 2 unspecified atom stereocenters. The first-order valence-corrected chi connectivity index (χ1v) is 17.9. The minimum Gasteiger partial charge on any atom is -0.0879 e. The molecule has 0 amide bonds. The molecule has 3 aromatic carbocycles. The molecule has 0 heteroatoms. The van der Waals surface area contributed by atoms with Crippen LogP contribution < -0.4 is 10.4 Å². The van der Waals surface area contributed by atoms with Gasteiger partial charge in [0.2, 0.25) is 0 Å². The van der Waals surface area contributed by atoms with Crippen molar-refractivity contribution in [2.45, 2.75) is 63.7 Å². The van der Waals surface area contributed by atoms with Gasteiger partial charge in [-0.1, -0.05) is 133 Å². The second kappa shape index (κ2) is 11.0. The molecule has 0 aliphatic heterocycles. The Labute approximate surface area is 278 Å². The molecule has 228 valence electrons. The van der Waals surface area contributed by atoms with Crippen LogP contribution in [0.5, 0.6) is 0 Å². The van der Waals surface area contributed by atoms with Crippen molar-refractivity contribution < 1.29 is 0 Å². The highest BCUT2D eigenvalue weighted by Gasteiger charge is 2.34. The number of hydrogen-bond donors (Lipinski definition) is 0. The largest absolute Gasteiger partial charge is 0.0879 e. The average Bonchev–Trinajstić information content (AvgIpc) is 3.78. The van der Waals surface area contributed by atoms with Gasteiger partial charge in [0.1, 0.15) is 0 Å². The van der Waals surface area contributed by atoms with Crippen molar-refractivity contribution in [2.75, 3.05) is 0 Å². The van der Waals surface area contributed by atoms with Gasteiger partial charge >= 0.3 is 0 Å². The quantitative estimate of drug-likeness (QED) is 0.255. The van der Waals surface area contributed by atoms with Crippen LogP contribution in [0.25, 0.3) is 39.1 Å². The zero-order valence-electron chi connectivity index (χ0n) is 27.1. The number of allylic oxidation sites excluding steroid dienone is 18. The van der Waals surface area contributed by atoms with Crippen LogP contribution in [0.4, 0.5) is 0 Å². The van der Waals surface area contributed by atoms with Gasteiger partial charge in [-0.25, -0.2) is 0 Å². The number of benzene rings is 3. The van der Waals surface area contributed by atoms with E-state index in [9.17, 15) is 0 Å². The molecule has 7 aliphatic rings. The first kappa shape index (κ1) is 27.4. The van der Waals surface area contributed by atoms with Crippen LogP contribution in [-0.2, 0) is 12.8 Å². The summed E-state index contributed by atoms with van der Waals surface area (Å²) < 4.78 is 0. The Hall–Kier alpha value is -4.68. The molecule has 0 heterocycles. The highest BCUT2D eigenvalue weighted by molar-refractivity contribution is 6.06. The van der Waals surface area contributed by atoms with E-state index in [1.165, 1.54) is 62.2 Å². The van der Waals surface area contributed by atoms with Gasteiger partial charge in [-0.3, -0.25) is 0 Å². The smallest absolute Gasteiger partial charge is 0.00602 e. The SMILES string of the molecule is C1=CCC2=CC=C(c3ccc4c5c3=CCCC=5c3c-4c4c5c(cccc5c3C3C=CCC3)CC=CC=CC4)CC2C2=CC=CC(=C1)C2. The van der Waals surface area contributed by atoms with Gasteiger partial charge in [0.25, 0.3) is 0 Å². The standard InChI is InChI=1S/C47H40/c1-2-4-20-39-43-32(15-3-1)18-10-22-38(43)44(33-16-7-8-17-33)47-40-23-11-21-37-36(26-27-41(45(37)40)46(39)47)35-25-24-31-14-6-5-12-30-13-9-19-34(28-30)42(31)29-35/h1-7,9-10,12-13,16,18-19,21-22,24-27,33,42H,8,11,14-15,17,20,23,28-29H2. The molecule has 0 aromatic heterocycles. The first-order chi connectivity index (χ1) is 23.3. The second-order valence-electron chi connectivity index (χ2n) is 14.4. The molecular weight excluding hydrogens is 565 g/mol. The third kappa shape index (κ3) is 4.27. The molecule has 7 aliphatic carbocycles. The van der Waals surface area contributed by atoms with Crippen molar-refractivity contribution in [3.05, 3.63) is 170 Å². The molecule has 0 spiro atoms. The lowest BCUT2D eigenvalue weighted by Gasteiger charge is -2.29. The maximum atomic E-state index is 2.58. The summed E-state index contributed by atoms with van der Waals surface area (Å²) in [5, 5.41) is 6.05. The molecule has 47 heavy (non-hydrogen) atoms. The number of rotatable bonds is 2. The van der Waals surface area contributed by atoms with Crippen molar-refractivity contribution >= 4 is 28.0 Å². The monoisotopic (exact) mass is 604 g/mol. The van der Waals surface area contributed by atoms with Crippen molar-refractivity contribution in [2.24, 2.45) is 5.92 Å². The Morgan fingerprint density at radius 3 is 2.55 bits per heavy atom. The van der Waals surface area contributed by atoms with Crippen LogP contribution in [0, 0.1) is 5.92 Å². The van der Waals surface area contributed by atoms with Crippen molar-refractivity contribution in [3.8, 4) is 11.1 Å². The van der Waals surface area contributed by atoms with Gasteiger partial charge < -0.3 is 0 Å². The van der Waals surface area contributed by atoms with Crippen molar-refractivity contribution in [1.82, 2.24) is 0 Å². The van der Waals surface area contributed by atoms with Gasteiger partial charge in [0, 0.05) is 11.8 Å². The van der Waals surface area contributed by atoms with Gasteiger partial charge in [-0.2, -0.15) is 0 Å². The summed E-state index contributed by atoms with van der Waals surface area (Å²) in [6, 6.07) is 12.2. The molecule has 0 fully saturated rings. The summed E-state index contributed by atoms with van der Waals surface area (Å²) in [6.45, 7) is 0. The summed E-state index contributed by atoms with van der Waals surface area (Å²) in [5.41, 5.74) is 18.4. The zero-order valence-corrected chi connectivity index (χ0v) is 27.1. The molecule has 0 radical (unpaired) electrons. The van der Waals surface area contributed by atoms with E-state index in [1.807, 2.05) is 0 Å². The molecule has 0 saturated carbocycles. The normalized spacial score (nSPS) is 23.2. The maximum absolute atomic E-state index is 2.58. The van der Waals surface area contributed by atoms with E-state index in [0.29, 0.717) is 11.8 Å². The van der Waals surface area contributed by atoms with Crippen LogP contribution in [0.3, 0.4) is 0 Å². The Bertz CT molecular complexity index is 2310. The van der Waals surface area contributed by atoms with E-state index in [-0.39, 0.29) is 0 Å². The van der Waals surface area contributed by atoms with E-state index in [0.717, 1.165) is 44.9 Å². The summed E-state index contributed by atoms with van der Waals surface area (Å²) in [6.07, 6.45) is 45.3. The fourth-order valence-corrected chi connectivity index (χ4v) is 9.81. The third-order valence-corrected chi connectivity index (χ3v) is 11.8. The molecule has 2 bridgehead atoms. The Morgan fingerprint density at radius 1 is 0.702 bits per heavy atom. The molecule has 0 saturated heterocycles. The van der Waals surface area contributed by atoms with Gasteiger partial charge in [0.05, 0.1) is 0 Å². The second-order valence-corrected chi connectivity index (χ2v) is 14.4. The van der Waals surface area contributed by atoms with E-state index < -0.39 is 0 Å². The van der Waals surface area contributed by atoms with E-state index in [2.05, 4.69) is 121 Å². The lowest BCUT2D eigenvalue weighted by atomic mass is 9.75. The van der Waals surface area contributed by atoms with Crippen molar-refractivity contribution in [3.63, 3.8) is 0 Å². The van der Waals surface area contributed by atoms with Gasteiger partial charge in [-0.15, -0.1) is 0 Å². The molecular formula is C47H40. The lowest BCUT2D eigenvalue weighted by molar-refractivity contribution is 0.689. The Balaban J connectivity index is 1.21. The van der Waals surface area contributed by atoms with Crippen LogP contribution in [0.1, 0.15) is 78.7 Å². The zero-order chi connectivity index (χ0) is 30.9. The summed E-state index contributed by atoms with van der Waals surface area (Å²) >= 11 is 0. The van der Waals surface area contributed by atoms with Crippen LogP contribution >= 0.6 is 0 Å². The van der Waals surface area contributed by atoms with E-state index in [1.54, 1.807) is 38.6 Å². The maximum Gasteiger partial charge on any atom is 0.00602 e. The molecule has 0 nitrogen and oxygen atoms in total. The predicted molar refractivity (Wildman–Crippen MR) is 199 cm³/mol. The van der Waals surface area contributed by atoms with Crippen LogP contribution in [0.2, 0.25) is 0 Å². The van der Waals surface area contributed by atoms with Gasteiger partial charge in [-0.05, 0) is 135 Å². The molecule has 2 atom stereocenters. The summed E-state index contributed by atoms with van der Waals surface area (Å²) in [7, 11) is 0. The van der Waals surface area contributed by atoms with Crippen molar-refractivity contribution in [1.29, 1.82) is 0 Å². The fourth-order valence-electron chi connectivity index (χ4n) is 9.81. The highest BCUT2D eigenvalue weighted by atomic mass is 14.4. The lowest BCUT2D eigenvalue weighted by Crippen LogP contribution is -2.33. The topological polar surface area (TPSA) is 0 Å². The Kier molecular flexibility index (Phi) is 6.39. The molecule has 0 N–H and O–H groups in total. The number of hydrogen-bond acceptors (Lipinski definition) is 0. The molecule has 3 aromatic rings. The average molecular weight is 605 g/mol. The van der Waals surface area contributed by atoms with Crippen LogP contribution in [0.15, 0.2) is 132 Å². The minimum atomic E-state index is 0.474. The summed E-state index contributed by atoms with van der Waals surface area (Å²) in [4.78, 5) is 0. The van der Waals surface area contributed by atoms with Crippen LogP contribution in [-0.4, -0.2) is 0 Å². The highest BCUT2D eigenvalue weighted by Crippen LogP contribution is 2.50. The third-order valence-electron chi connectivity index (χ3n) is 11.8. The fraction of sp³-hybridized carbons (Fsp3) is 0.234.